The molecule has 0 aliphatic rings. The molecule has 1 aromatic heterocycles. The maximum atomic E-state index is 5.12. The number of aromatic nitrogens is 2. The molecule has 0 aliphatic carbocycles. The molecule has 0 spiro atoms. The van der Waals surface area contributed by atoms with E-state index in [1.807, 2.05) is 13.8 Å². The number of rotatable bonds is 5. The number of halogens is 1. The smallest absolute Gasteiger partial charge is 0.144 e. The van der Waals surface area contributed by atoms with Gasteiger partial charge in [0.25, 0.3) is 0 Å². The molecule has 4 nitrogen and oxygen atoms in total. The van der Waals surface area contributed by atoms with E-state index in [0.29, 0.717) is 6.61 Å². The van der Waals surface area contributed by atoms with Gasteiger partial charge in [-0.3, -0.25) is 0 Å². The summed E-state index contributed by atoms with van der Waals surface area (Å²) in [4.78, 5) is 8.95. The van der Waals surface area contributed by atoms with Gasteiger partial charge in [-0.05, 0) is 29.8 Å². The molecule has 1 N–H and O–H groups in total. The Bertz CT molecular complexity index is 357. The topological polar surface area (TPSA) is 47.0 Å². The monoisotopic (exact) mass is 287 g/mol. The molecule has 0 saturated carbocycles. The molecule has 90 valence electrons. The van der Waals surface area contributed by atoms with Gasteiger partial charge >= 0.3 is 0 Å². The predicted octanol–water partition coefficient (Wildman–Crippen LogP) is 2.73. The van der Waals surface area contributed by atoms with Crippen LogP contribution in [0.3, 0.4) is 0 Å². The summed E-state index contributed by atoms with van der Waals surface area (Å²) in [5.41, 5.74) is 0.948. The Morgan fingerprint density at radius 1 is 1.44 bits per heavy atom. The number of nitrogens with zero attached hydrogens (tertiary/aromatic N) is 2. The molecule has 1 rings (SSSR count). The van der Waals surface area contributed by atoms with Crippen LogP contribution in [-0.2, 0) is 4.74 Å². The summed E-state index contributed by atoms with van der Waals surface area (Å²) in [6, 6.07) is 0. The molecular formula is C11H18BrN3O. The van der Waals surface area contributed by atoms with Gasteiger partial charge in [0, 0.05) is 19.6 Å². The van der Waals surface area contributed by atoms with Crippen LogP contribution in [0.1, 0.15) is 31.3 Å². The second-order valence-electron chi connectivity index (χ2n) is 3.72. The Morgan fingerprint density at radius 2 is 2.12 bits per heavy atom. The van der Waals surface area contributed by atoms with Crippen molar-refractivity contribution in [3.63, 3.8) is 0 Å². The van der Waals surface area contributed by atoms with Crippen LogP contribution in [0.5, 0.6) is 0 Å². The average Bonchev–Trinajstić information content (AvgIpc) is 2.25. The molecule has 0 amide bonds. The standard InChI is InChI=1S/C11H18BrN3O/c1-5-13-11-9(12)8(3)14-10(15-11)7(2)6-16-4/h7H,5-6H2,1-4H3,(H,13,14,15). The van der Waals surface area contributed by atoms with E-state index in [0.717, 1.165) is 28.4 Å². The summed E-state index contributed by atoms with van der Waals surface area (Å²) >= 11 is 3.48. The van der Waals surface area contributed by atoms with Crippen LogP contribution in [0.25, 0.3) is 0 Å². The summed E-state index contributed by atoms with van der Waals surface area (Å²) < 4.78 is 6.05. The highest BCUT2D eigenvalue weighted by molar-refractivity contribution is 9.10. The fourth-order valence-corrected chi connectivity index (χ4v) is 1.73. The number of ether oxygens (including phenoxy) is 1. The van der Waals surface area contributed by atoms with Crippen LogP contribution >= 0.6 is 15.9 Å². The summed E-state index contributed by atoms with van der Waals surface area (Å²) in [6.07, 6.45) is 0. The van der Waals surface area contributed by atoms with Gasteiger partial charge in [0.2, 0.25) is 0 Å². The summed E-state index contributed by atoms with van der Waals surface area (Å²) in [5, 5.41) is 3.22. The molecule has 0 bridgehead atoms. The lowest BCUT2D eigenvalue weighted by Crippen LogP contribution is -2.11. The van der Waals surface area contributed by atoms with Gasteiger partial charge in [-0.25, -0.2) is 9.97 Å². The normalized spacial score (nSPS) is 12.6. The number of hydrogen-bond acceptors (Lipinski definition) is 4. The lowest BCUT2D eigenvalue weighted by Gasteiger charge is -2.13. The first-order valence-electron chi connectivity index (χ1n) is 5.37. The first kappa shape index (κ1) is 13.4. The molecule has 0 radical (unpaired) electrons. The molecule has 1 aromatic rings. The Morgan fingerprint density at radius 3 is 2.69 bits per heavy atom. The Hall–Kier alpha value is -0.680. The highest BCUT2D eigenvalue weighted by Gasteiger charge is 2.13. The lowest BCUT2D eigenvalue weighted by atomic mass is 10.2. The van der Waals surface area contributed by atoms with Crippen molar-refractivity contribution in [2.45, 2.75) is 26.7 Å². The quantitative estimate of drug-likeness (QED) is 0.905. The lowest BCUT2D eigenvalue weighted by molar-refractivity contribution is 0.181. The maximum Gasteiger partial charge on any atom is 0.144 e. The van der Waals surface area contributed by atoms with Crippen LogP contribution < -0.4 is 5.32 Å². The van der Waals surface area contributed by atoms with Crippen LogP contribution in [0.15, 0.2) is 4.47 Å². The third kappa shape index (κ3) is 3.15. The second-order valence-corrected chi connectivity index (χ2v) is 4.51. The number of hydrogen-bond donors (Lipinski definition) is 1. The summed E-state index contributed by atoms with van der Waals surface area (Å²) in [5.74, 6) is 1.88. The first-order chi connectivity index (χ1) is 7.60. The van der Waals surface area contributed by atoms with Gasteiger partial charge in [0.1, 0.15) is 11.6 Å². The zero-order valence-electron chi connectivity index (χ0n) is 10.2. The summed E-state index contributed by atoms with van der Waals surface area (Å²) in [7, 11) is 1.69. The van der Waals surface area contributed by atoms with Gasteiger partial charge in [0.05, 0.1) is 16.8 Å². The van der Waals surface area contributed by atoms with E-state index in [1.165, 1.54) is 0 Å². The van der Waals surface area contributed by atoms with Crippen LogP contribution in [-0.4, -0.2) is 30.2 Å². The fraction of sp³-hybridized carbons (Fsp3) is 0.636. The van der Waals surface area contributed by atoms with Gasteiger partial charge in [-0.1, -0.05) is 6.92 Å². The molecule has 0 saturated heterocycles. The van der Waals surface area contributed by atoms with Gasteiger partial charge in [0.15, 0.2) is 0 Å². The third-order valence-electron chi connectivity index (χ3n) is 2.24. The first-order valence-corrected chi connectivity index (χ1v) is 6.16. The highest BCUT2D eigenvalue weighted by atomic mass is 79.9. The van der Waals surface area contributed by atoms with Crippen molar-refractivity contribution in [3.05, 3.63) is 16.0 Å². The predicted molar refractivity (Wildman–Crippen MR) is 68.9 cm³/mol. The van der Waals surface area contributed by atoms with E-state index in [4.69, 9.17) is 4.74 Å². The zero-order valence-corrected chi connectivity index (χ0v) is 11.8. The van der Waals surface area contributed by atoms with Crippen molar-refractivity contribution in [1.29, 1.82) is 0 Å². The highest BCUT2D eigenvalue weighted by Crippen LogP contribution is 2.25. The van der Waals surface area contributed by atoms with Crippen molar-refractivity contribution in [3.8, 4) is 0 Å². The van der Waals surface area contributed by atoms with E-state index >= 15 is 0 Å². The Kier molecular flexibility index (Phi) is 5.15. The van der Waals surface area contributed by atoms with E-state index in [2.05, 4.69) is 38.1 Å². The van der Waals surface area contributed by atoms with E-state index in [-0.39, 0.29) is 5.92 Å². The molecule has 16 heavy (non-hydrogen) atoms. The number of nitrogens with one attached hydrogen (secondary N) is 1. The van der Waals surface area contributed by atoms with E-state index in [1.54, 1.807) is 7.11 Å². The molecule has 0 aromatic carbocycles. The molecule has 1 unspecified atom stereocenters. The molecular weight excluding hydrogens is 270 g/mol. The number of aryl methyl sites for hydroxylation is 1. The van der Waals surface area contributed by atoms with Crippen LogP contribution in [0.4, 0.5) is 5.82 Å². The molecule has 1 heterocycles. The zero-order chi connectivity index (χ0) is 12.1. The molecule has 0 aliphatic heterocycles. The van der Waals surface area contributed by atoms with Crippen LogP contribution in [0, 0.1) is 6.92 Å². The van der Waals surface area contributed by atoms with Gasteiger partial charge in [-0.15, -0.1) is 0 Å². The molecule has 1 atom stereocenters. The molecule has 5 heteroatoms. The van der Waals surface area contributed by atoms with Crippen molar-refractivity contribution in [1.82, 2.24) is 9.97 Å². The van der Waals surface area contributed by atoms with E-state index < -0.39 is 0 Å². The van der Waals surface area contributed by atoms with Gasteiger partial charge in [-0.2, -0.15) is 0 Å². The largest absolute Gasteiger partial charge is 0.384 e. The van der Waals surface area contributed by atoms with Crippen molar-refractivity contribution >= 4 is 21.7 Å². The second kappa shape index (κ2) is 6.15. The maximum absolute atomic E-state index is 5.12. The van der Waals surface area contributed by atoms with Crippen molar-refractivity contribution in [2.24, 2.45) is 0 Å². The average molecular weight is 288 g/mol. The van der Waals surface area contributed by atoms with Crippen molar-refractivity contribution in [2.75, 3.05) is 25.6 Å². The molecule has 0 fully saturated rings. The van der Waals surface area contributed by atoms with E-state index in [9.17, 15) is 0 Å². The minimum atomic E-state index is 0.203. The minimum absolute atomic E-state index is 0.203. The minimum Gasteiger partial charge on any atom is -0.384 e. The van der Waals surface area contributed by atoms with Crippen LogP contribution in [0.2, 0.25) is 0 Å². The van der Waals surface area contributed by atoms with Gasteiger partial charge < -0.3 is 10.1 Å². The summed E-state index contributed by atoms with van der Waals surface area (Å²) in [6.45, 7) is 7.54. The Labute approximate surface area is 105 Å². The van der Waals surface area contributed by atoms with Crippen molar-refractivity contribution < 1.29 is 4.74 Å². The number of anilines is 1. The fourth-order valence-electron chi connectivity index (χ4n) is 1.41. The number of methoxy groups -OCH3 is 1. The third-order valence-corrected chi connectivity index (χ3v) is 3.19. The Balaban J connectivity index is 3.03. The SMILES string of the molecule is CCNc1nc(C(C)COC)nc(C)c1Br.